The SMILES string of the molecule is CN=C(N)NCc1ccc(F)c(COC)c1.I. The van der Waals surface area contributed by atoms with Crippen molar-refractivity contribution in [2.24, 2.45) is 10.7 Å². The zero-order valence-electron chi connectivity index (χ0n) is 9.87. The van der Waals surface area contributed by atoms with E-state index in [0.29, 0.717) is 18.1 Å². The standard InChI is InChI=1S/C11H16FN3O.HI/c1-14-11(13)15-6-8-3-4-10(12)9(5-8)7-16-2;/h3-5H,6-7H2,1-2H3,(H3,13,14,15);1H. The topological polar surface area (TPSA) is 59.6 Å². The molecule has 0 amide bonds. The molecule has 0 saturated heterocycles. The second-order valence-electron chi connectivity index (χ2n) is 3.32. The summed E-state index contributed by atoms with van der Waals surface area (Å²) in [7, 11) is 3.13. The summed E-state index contributed by atoms with van der Waals surface area (Å²) in [5, 5.41) is 2.90. The summed E-state index contributed by atoms with van der Waals surface area (Å²) in [6, 6.07) is 4.86. The Kier molecular flexibility index (Phi) is 7.81. The highest BCUT2D eigenvalue weighted by Gasteiger charge is 2.03. The van der Waals surface area contributed by atoms with Crippen LogP contribution in [0.25, 0.3) is 0 Å². The molecule has 6 heteroatoms. The monoisotopic (exact) mass is 353 g/mol. The quantitative estimate of drug-likeness (QED) is 0.491. The minimum Gasteiger partial charge on any atom is -0.380 e. The van der Waals surface area contributed by atoms with Gasteiger partial charge in [0, 0.05) is 26.3 Å². The van der Waals surface area contributed by atoms with E-state index in [4.69, 9.17) is 10.5 Å². The Morgan fingerprint density at radius 3 is 2.82 bits per heavy atom. The molecule has 0 heterocycles. The third kappa shape index (κ3) is 5.31. The number of methoxy groups -OCH3 is 1. The second-order valence-corrected chi connectivity index (χ2v) is 3.32. The van der Waals surface area contributed by atoms with E-state index in [1.165, 1.54) is 13.2 Å². The van der Waals surface area contributed by atoms with E-state index in [0.717, 1.165) is 5.56 Å². The number of benzene rings is 1. The van der Waals surface area contributed by atoms with Crippen LogP contribution in [0.3, 0.4) is 0 Å². The number of rotatable bonds is 4. The van der Waals surface area contributed by atoms with E-state index < -0.39 is 0 Å². The minimum atomic E-state index is -0.261. The Balaban J connectivity index is 0.00000256. The van der Waals surface area contributed by atoms with Crippen LogP contribution in [0.15, 0.2) is 23.2 Å². The maximum atomic E-state index is 13.3. The molecule has 0 saturated carbocycles. The van der Waals surface area contributed by atoms with Crippen molar-refractivity contribution in [3.05, 3.63) is 35.1 Å². The van der Waals surface area contributed by atoms with Gasteiger partial charge in [-0.25, -0.2) is 4.39 Å². The molecule has 0 radical (unpaired) electrons. The summed E-state index contributed by atoms with van der Waals surface area (Å²) in [5.41, 5.74) is 6.95. The molecular formula is C11H17FIN3O. The van der Waals surface area contributed by atoms with Crippen molar-refractivity contribution in [1.29, 1.82) is 0 Å². The van der Waals surface area contributed by atoms with Gasteiger partial charge in [0.1, 0.15) is 5.82 Å². The summed E-state index contributed by atoms with van der Waals surface area (Å²) in [5.74, 6) is 0.0975. The van der Waals surface area contributed by atoms with Crippen LogP contribution in [0.1, 0.15) is 11.1 Å². The van der Waals surface area contributed by atoms with Crippen molar-refractivity contribution in [2.75, 3.05) is 14.2 Å². The molecule has 96 valence electrons. The lowest BCUT2D eigenvalue weighted by Crippen LogP contribution is -2.30. The van der Waals surface area contributed by atoms with E-state index in [9.17, 15) is 4.39 Å². The first kappa shape index (κ1) is 16.1. The van der Waals surface area contributed by atoms with Gasteiger partial charge in [0.15, 0.2) is 5.96 Å². The van der Waals surface area contributed by atoms with Gasteiger partial charge in [0.25, 0.3) is 0 Å². The zero-order chi connectivity index (χ0) is 12.0. The van der Waals surface area contributed by atoms with Gasteiger partial charge in [0.2, 0.25) is 0 Å². The van der Waals surface area contributed by atoms with Gasteiger partial charge >= 0.3 is 0 Å². The average molecular weight is 353 g/mol. The Bertz CT molecular complexity index is 385. The van der Waals surface area contributed by atoms with Crippen LogP contribution < -0.4 is 11.1 Å². The fraction of sp³-hybridized carbons (Fsp3) is 0.364. The number of guanidine groups is 1. The van der Waals surface area contributed by atoms with E-state index in [2.05, 4.69) is 10.3 Å². The summed E-state index contributed by atoms with van der Waals surface area (Å²) in [6.45, 7) is 0.775. The van der Waals surface area contributed by atoms with Crippen LogP contribution >= 0.6 is 24.0 Å². The van der Waals surface area contributed by atoms with Gasteiger partial charge in [-0.05, 0) is 17.7 Å². The molecule has 0 aliphatic carbocycles. The lowest BCUT2D eigenvalue weighted by atomic mass is 10.1. The van der Waals surface area contributed by atoms with E-state index >= 15 is 0 Å². The Hall–Kier alpha value is -0.890. The molecule has 4 nitrogen and oxygen atoms in total. The summed E-state index contributed by atoms with van der Waals surface area (Å²) in [6.07, 6.45) is 0. The minimum absolute atomic E-state index is 0. The molecule has 0 unspecified atom stereocenters. The first-order valence-corrected chi connectivity index (χ1v) is 4.89. The highest BCUT2D eigenvalue weighted by atomic mass is 127. The first-order chi connectivity index (χ1) is 7.67. The molecule has 0 atom stereocenters. The van der Waals surface area contributed by atoms with Gasteiger partial charge in [-0.2, -0.15) is 0 Å². The summed E-state index contributed by atoms with van der Waals surface area (Å²) < 4.78 is 18.2. The van der Waals surface area contributed by atoms with Crippen molar-refractivity contribution in [3.63, 3.8) is 0 Å². The molecule has 0 aliphatic rings. The highest BCUT2D eigenvalue weighted by Crippen LogP contribution is 2.11. The predicted octanol–water partition coefficient (Wildman–Crippen LogP) is 1.62. The van der Waals surface area contributed by atoms with Crippen molar-refractivity contribution >= 4 is 29.9 Å². The zero-order valence-corrected chi connectivity index (χ0v) is 12.2. The fourth-order valence-corrected chi connectivity index (χ4v) is 1.28. The van der Waals surface area contributed by atoms with Gasteiger partial charge < -0.3 is 15.8 Å². The van der Waals surface area contributed by atoms with E-state index in [-0.39, 0.29) is 36.4 Å². The molecule has 0 bridgehead atoms. The van der Waals surface area contributed by atoms with Crippen LogP contribution in [-0.2, 0) is 17.9 Å². The van der Waals surface area contributed by atoms with Gasteiger partial charge in [-0.3, -0.25) is 4.99 Å². The summed E-state index contributed by atoms with van der Waals surface area (Å²) >= 11 is 0. The lowest BCUT2D eigenvalue weighted by molar-refractivity contribution is 0.181. The molecule has 0 spiro atoms. The third-order valence-corrected chi connectivity index (χ3v) is 2.12. The Labute approximate surface area is 117 Å². The fourth-order valence-electron chi connectivity index (χ4n) is 1.28. The molecule has 17 heavy (non-hydrogen) atoms. The van der Waals surface area contributed by atoms with Crippen LogP contribution in [0.5, 0.6) is 0 Å². The predicted molar refractivity (Wildman–Crippen MR) is 76.9 cm³/mol. The Morgan fingerprint density at radius 2 is 2.24 bits per heavy atom. The van der Waals surface area contributed by atoms with Gasteiger partial charge in [-0.15, -0.1) is 24.0 Å². The smallest absolute Gasteiger partial charge is 0.188 e. The number of nitrogens with zero attached hydrogens (tertiary/aromatic N) is 1. The number of hydrogen-bond acceptors (Lipinski definition) is 2. The number of halogens is 2. The molecule has 3 N–H and O–H groups in total. The number of nitrogens with one attached hydrogen (secondary N) is 1. The largest absolute Gasteiger partial charge is 0.380 e. The molecule has 0 fully saturated rings. The van der Waals surface area contributed by atoms with Crippen LogP contribution in [0.2, 0.25) is 0 Å². The van der Waals surface area contributed by atoms with Crippen molar-refractivity contribution < 1.29 is 9.13 Å². The lowest BCUT2D eigenvalue weighted by Gasteiger charge is -2.07. The van der Waals surface area contributed by atoms with Crippen LogP contribution in [0.4, 0.5) is 4.39 Å². The Morgan fingerprint density at radius 1 is 1.53 bits per heavy atom. The first-order valence-electron chi connectivity index (χ1n) is 4.89. The maximum Gasteiger partial charge on any atom is 0.188 e. The number of ether oxygens (including phenoxy) is 1. The second kappa shape index (κ2) is 8.24. The molecule has 0 aromatic heterocycles. The molecule has 1 rings (SSSR count). The number of hydrogen-bond donors (Lipinski definition) is 2. The number of nitrogens with two attached hydrogens (primary N) is 1. The van der Waals surface area contributed by atoms with Gasteiger partial charge in [0.05, 0.1) is 6.61 Å². The van der Waals surface area contributed by atoms with Gasteiger partial charge in [-0.1, -0.05) is 6.07 Å². The van der Waals surface area contributed by atoms with Crippen molar-refractivity contribution in [3.8, 4) is 0 Å². The summed E-state index contributed by atoms with van der Waals surface area (Å²) in [4.78, 5) is 3.76. The van der Waals surface area contributed by atoms with E-state index in [1.807, 2.05) is 0 Å². The van der Waals surface area contributed by atoms with Crippen LogP contribution in [0, 0.1) is 5.82 Å². The van der Waals surface area contributed by atoms with Crippen molar-refractivity contribution in [1.82, 2.24) is 5.32 Å². The molecule has 0 aliphatic heterocycles. The highest BCUT2D eigenvalue weighted by molar-refractivity contribution is 14.0. The molecular weight excluding hydrogens is 336 g/mol. The third-order valence-electron chi connectivity index (χ3n) is 2.12. The van der Waals surface area contributed by atoms with Crippen molar-refractivity contribution in [2.45, 2.75) is 13.2 Å². The molecule has 1 aromatic rings. The number of aliphatic imine (C=N–C) groups is 1. The maximum absolute atomic E-state index is 13.3. The average Bonchev–Trinajstić information content (AvgIpc) is 2.30. The van der Waals surface area contributed by atoms with E-state index in [1.54, 1.807) is 19.2 Å². The van der Waals surface area contributed by atoms with Crippen LogP contribution in [-0.4, -0.2) is 20.1 Å². The molecule has 1 aromatic carbocycles. The normalized spacial score (nSPS) is 10.9.